The second-order valence-corrected chi connectivity index (χ2v) is 9.78. The fourth-order valence-corrected chi connectivity index (χ4v) is 6.45. The molecular weight excluding hydrogens is 424 g/mol. The first-order valence-corrected chi connectivity index (χ1v) is 12.4. The number of ether oxygens (including phenoxy) is 2. The van der Waals surface area contributed by atoms with Crippen LogP contribution >= 0.6 is 0 Å². The summed E-state index contributed by atoms with van der Waals surface area (Å²) in [6.45, 7) is 13.6. The normalized spacial score (nSPS) is 34.2. The Morgan fingerprint density at radius 2 is 2.03 bits per heavy atom. The third kappa shape index (κ3) is 3.79. The predicted octanol–water partition coefficient (Wildman–Crippen LogP) is 2.29. The summed E-state index contributed by atoms with van der Waals surface area (Å²) < 4.78 is 12.1. The molecule has 186 valence electrons. The predicted molar refractivity (Wildman–Crippen MR) is 123 cm³/mol. The molecule has 33 heavy (non-hydrogen) atoms. The third-order valence-electron chi connectivity index (χ3n) is 7.98. The van der Waals surface area contributed by atoms with Crippen LogP contribution in [0.1, 0.15) is 66.7 Å². The van der Waals surface area contributed by atoms with Gasteiger partial charge in [0.2, 0.25) is 11.8 Å². The summed E-state index contributed by atoms with van der Waals surface area (Å²) in [6, 6.07) is -1.53. The van der Waals surface area contributed by atoms with Crippen LogP contribution in [0.3, 0.4) is 0 Å². The number of likely N-dealkylation sites (tertiary alicyclic amines) is 1. The number of carbonyl (C=O) groups is 3. The van der Waals surface area contributed by atoms with Gasteiger partial charge in [-0.2, -0.15) is 0 Å². The number of aliphatic hydroxyl groups is 1. The van der Waals surface area contributed by atoms with Gasteiger partial charge in [-0.15, -0.1) is 6.58 Å². The number of hydrogen-bond donors (Lipinski definition) is 1. The highest BCUT2D eigenvalue weighted by Crippen LogP contribution is 2.64. The highest BCUT2D eigenvalue weighted by Gasteiger charge is 2.79. The molecule has 3 unspecified atom stereocenters. The van der Waals surface area contributed by atoms with Crippen molar-refractivity contribution >= 4 is 17.8 Å². The molecule has 1 spiro atoms. The minimum atomic E-state index is -1.10. The molecule has 3 aliphatic rings. The standard InChI is InChI=1S/C25H40N2O6/c1-7-11-16(5)26(14-8-2)22(30)20-25-13-12-24(9-3,33-25)19(23(31)32-10-4)18(25)21(29)27(20)17(6)15-28/h8,16-20,28H,2,7,9-15H2,1,3-6H3/t16?,17-,18+,19-,20?,24+,25?/m1/s1. The lowest BCUT2D eigenvalue weighted by Crippen LogP contribution is -2.59. The molecule has 8 nitrogen and oxygen atoms in total. The van der Waals surface area contributed by atoms with Crippen LogP contribution in [0.5, 0.6) is 0 Å². The first-order chi connectivity index (χ1) is 15.7. The Kier molecular flexibility index (Phi) is 7.58. The van der Waals surface area contributed by atoms with Crippen LogP contribution in [0.25, 0.3) is 0 Å². The zero-order valence-corrected chi connectivity index (χ0v) is 20.7. The first-order valence-electron chi connectivity index (χ1n) is 12.4. The van der Waals surface area contributed by atoms with Gasteiger partial charge in [0.25, 0.3) is 0 Å². The molecule has 8 heteroatoms. The van der Waals surface area contributed by atoms with Crippen LogP contribution in [-0.4, -0.2) is 81.8 Å². The Hall–Kier alpha value is -1.93. The van der Waals surface area contributed by atoms with E-state index in [0.29, 0.717) is 25.8 Å². The van der Waals surface area contributed by atoms with Crippen molar-refractivity contribution in [3.05, 3.63) is 12.7 Å². The molecule has 2 bridgehead atoms. The fraction of sp³-hybridized carbons (Fsp3) is 0.800. The van der Waals surface area contributed by atoms with Gasteiger partial charge in [-0.25, -0.2) is 0 Å². The zero-order chi connectivity index (χ0) is 24.6. The minimum Gasteiger partial charge on any atom is -0.466 e. The molecule has 0 radical (unpaired) electrons. The van der Waals surface area contributed by atoms with Gasteiger partial charge < -0.3 is 24.4 Å². The number of carbonyl (C=O) groups excluding carboxylic acids is 3. The molecule has 7 atom stereocenters. The highest BCUT2D eigenvalue weighted by atomic mass is 16.6. The molecule has 0 aromatic carbocycles. The Labute approximate surface area is 197 Å². The van der Waals surface area contributed by atoms with E-state index >= 15 is 0 Å². The number of esters is 1. The van der Waals surface area contributed by atoms with Crippen molar-refractivity contribution in [3.63, 3.8) is 0 Å². The van der Waals surface area contributed by atoms with Crippen molar-refractivity contribution in [1.29, 1.82) is 0 Å². The van der Waals surface area contributed by atoms with Gasteiger partial charge in [0, 0.05) is 12.6 Å². The molecule has 2 amide bonds. The molecule has 0 aromatic rings. The van der Waals surface area contributed by atoms with Crippen LogP contribution in [0, 0.1) is 11.8 Å². The largest absolute Gasteiger partial charge is 0.466 e. The number of nitrogens with zero attached hydrogens (tertiary/aromatic N) is 2. The summed E-state index contributed by atoms with van der Waals surface area (Å²) in [5.41, 5.74) is -1.91. The van der Waals surface area contributed by atoms with E-state index in [-0.39, 0.29) is 31.1 Å². The van der Waals surface area contributed by atoms with Crippen LogP contribution in [0.4, 0.5) is 0 Å². The van der Waals surface area contributed by atoms with Crippen molar-refractivity contribution < 1.29 is 29.0 Å². The SMILES string of the molecule is C=CCN(C(=O)C1N([C@H](C)CO)C(=O)[C@@H]2[C@H](C(=O)OCC)[C@]3(CC)CCC12O3)C(C)CCC. The average Bonchev–Trinajstić information content (AvgIpc) is 3.40. The van der Waals surface area contributed by atoms with Crippen molar-refractivity contribution in [3.8, 4) is 0 Å². The maximum absolute atomic E-state index is 14.2. The summed E-state index contributed by atoms with van der Waals surface area (Å²) >= 11 is 0. The van der Waals surface area contributed by atoms with Gasteiger partial charge in [-0.05, 0) is 46.5 Å². The molecule has 3 aliphatic heterocycles. The number of aliphatic hydroxyl groups excluding tert-OH is 1. The van der Waals surface area contributed by atoms with Gasteiger partial charge in [0.1, 0.15) is 17.6 Å². The molecule has 3 fully saturated rings. The highest BCUT2D eigenvalue weighted by molar-refractivity contribution is 5.98. The average molecular weight is 465 g/mol. The second kappa shape index (κ2) is 9.74. The van der Waals surface area contributed by atoms with Gasteiger partial charge in [-0.3, -0.25) is 14.4 Å². The van der Waals surface area contributed by atoms with Crippen molar-refractivity contribution in [2.45, 2.75) is 96.1 Å². The zero-order valence-electron chi connectivity index (χ0n) is 20.7. The van der Waals surface area contributed by atoms with Gasteiger partial charge in [-0.1, -0.05) is 26.3 Å². The van der Waals surface area contributed by atoms with Crippen LogP contribution < -0.4 is 0 Å². The lowest BCUT2D eigenvalue weighted by atomic mass is 9.65. The molecule has 3 heterocycles. The van der Waals surface area contributed by atoms with E-state index < -0.39 is 41.1 Å². The molecule has 3 rings (SSSR count). The van der Waals surface area contributed by atoms with Crippen molar-refractivity contribution in [2.75, 3.05) is 19.8 Å². The molecular formula is C25H40N2O6. The minimum absolute atomic E-state index is 0.0445. The Morgan fingerprint density at radius 1 is 1.33 bits per heavy atom. The Morgan fingerprint density at radius 3 is 2.58 bits per heavy atom. The van der Waals surface area contributed by atoms with E-state index in [1.807, 2.05) is 13.8 Å². The molecule has 1 N–H and O–H groups in total. The summed E-state index contributed by atoms with van der Waals surface area (Å²) in [7, 11) is 0. The third-order valence-corrected chi connectivity index (χ3v) is 7.98. The first kappa shape index (κ1) is 25.7. The maximum Gasteiger partial charge on any atom is 0.312 e. The molecule has 0 aliphatic carbocycles. The molecule has 0 saturated carbocycles. The maximum atomic E-state index is 14.2. The van der Waals surface area contributed by atoms with E-state index in [4.69, 9.17) is 9.47 Å². The van der Waals surface area contributed by atoms with E-state index in [2.05, 4.69) is 13.5 Å². The van der Waals surface area contributed by atoms with Crippen molar-refractivity contribution in [1.82, 2.24) is 9.80 Å². The van der Waals surface area contributed by atoms with E-state index in [9.17, 15) is 19.5 Å². The van der Waals surface area contributed by atoms with Crippen molar-refractivity contribution in [2.24, 2.45) is 11.8 Å². The quantitative estimate of drug-likeness (QED) is 0.372. The lowest BCUT2D eigenvalue weighted by molar-refractivity contribution is -0.163. The second-order valence-electron chi connectivity index (χ2n) is 9.78. The van der Waals surface area contributed by atoms with E-state index in [1.54, 1.807) is 24.8 Å². The van der Waals surface area contributed by atoms with Crippen LogP contribution in [0.2, 0.25) is 0 Å². The number of rotatable bonds is 11. The number of amides is 2. The van der Waals surface area contributed by atoms with Crippen LogP contribution in [-0.2, 0) is 23.9 Å². The number of fused-ring (bicyclic) bond motifs is 1. The summed E-state index contributed by atoms with van der Waals surface area (Å²) in [6.07, 6.45) is 5.09. The molecule has 0 aromatic heterocycles. The fourth-order valence-electron chi connectivity index (χ4n) is 6.45. The summed E-state index contributed by atoms with van der Waals surface area (Å²) in [4.78, 5) is 44.4. The Bertz CT molecular complexity index is 787. The van der Waals surface area contributed by atoms with Gasteiger partial charge in [0.05, 0.1) is 30.8 Å². The summed E-state index contributed by atoms with van der Waals surface area (Å²) in [5, 5.41) is 9.97. The monoisotopic (exact) mass is 464 g/mol. The van der Waals surface area contributed by atoms with Crippen LogP contribution in [0.15, 0.2) is 12.7 Å². The summed E-state index contributed by atoms with van der Waals surface area (Å²) in [5.74, 6) is -2.49. The van der Waals surface area contributed by atoms with Gasteiger partial charge >= 0.3 is 5.97 Å². The van der Waals surface area contributed by atoms with Gasteiger partial charge in [0.15, 0.2) is 0 Å². The number of hydrogen-bond acceptors (Lipinski definition) is 6. The van der Waals surface area contributed by atoms with E-state index in [1.165, 1.54) is 4.90 Å². The topological polar surface area (TPSA) is 96.4 Å². The molecule has 3 saturated heterocycles. The Balaban J connectivity index is 2.12. The lowest BCUT2D eigenvalue weighted by Gasteiger charge is -2.40. The van der Waals surface area contributed by atoms with E-state index in [0.717, 1.165) is 12.8 Å². The smallest absolute Gasteiger partial charge is 0.312 e.